The van der Waals surface area contributed by atoms with E-state index in [1.807, 2.05) is 12.1 Å². The second-order valence-corrected chi connectivity index (χ2v) is 8.95. The Hall–Kier alpha value is -2.03. The van der Waals surface area contributed by atoms with Crippen molar-refractivity contribution in [1.29, 1.82) is 0 Å². The van der Waals surface area contributed by atoms with Gasteiger partial charge >= 0.3 is 0 Å². The third kappa shape index (κ3) is 7.26. The molecule has 0 radical (unpaired) electrons. The monoisotopic (exact) mass is 429 g/mol. The molecule has 1 saturated carbocycles. The SMILES string of the molecule is O=C(/C=C/c1ccc(N[C@@H]2CCN(CC3CCCCC3)C2)nn1)NOC1CCCCO1. The highest BCUT2D eigenvalue weighted by Crippen LogP contribution is 2.26. The van der Waals surface area contributed by atoms with Gasteiger partial charge in [-0.25, -0.2) is 10.3 Å². The van der Waals surface area contributed by atoms with Crippen LogP contribution in [0.2, 0.25) is 0 Å². The zero-order chi connectivity index (χ0) is 21.3. The first-order valence-corrected chi connectivity index (χ1v) is 11.8. The molecular formula is C23H35N5O3. The molecule has 1 amide bonds. The maximum absolute atomic E-state index is 11.9. The van der Waals surface area contributed by atoms with Crippen molar-refractivity contribution in [2.24, 2.45) is 5.92 Å². The Kier molecular flexibility index (Phi) is 8.26. The summed E-state index contributed by atoms with van der Waals surface area (Å²) in [5.74, 6) is 1.32. The highest BCUT2D eigenvalue weighted by atomic mass is 16.8. The number of amides is 1. The Bertz CT molecular complexity index is 714. The van der Waals surface area contributed by atoms with Gasteiger partial charge in [0.2, 0.25) is 0 Å². The van der Waals surface area contributed by atoms with Crippen molar-refractivity contribution >= 4 is 17.8 Å². The van der Waals surface area contributed by atoms with Crippen LogP contribution >= 0.6 is 0 Å². The van der Waals surface area contributed by atoms with Gasteiger partial charge in [-0.2, -0.15) is 0 Å². The number of anilines is 1. The summed E-state index contributed by atoms with van der Waals surface area (Å²) < 4.78 is 5.41. The fraction of sp³-hybridized carbons (Fsp3) is 0.696. The number of carbonyl (C=O) groups is 1. The van der Waals surface area contributed by atoms with Gasteiger partial charge in [-0.3, -0.25) is 4.79 Å². The summed E-state index contributed by atoms with van der Waals surface area (Å²) >= 11 is 0. The lowest BCUT2D eigenvalue weighted by Gasteiger charge is -2.26. The molecule has 2 aliphatic heterocycles. The van der Waals surface area contributed by atoms with E-state index in [2.05, 4.69) is 25.9 Å². The molecule has 8 heteroatoms. The summed E-state index contributed by atoms with van der Waals surface area (Å²) in [6, 6.07) is 4.20. The van der Waals surface area contributed by atoms with Crippen molar-refractivity contribution in [3.63, 3.8) is 0 Å². The van der Waals surface area contributed by atoms with Gasteiger partial charge in [0, 0.05) is 44.8 Å². The number of rotatable bonds is 8. The lowest BCUT2D eigenvalue weighted by atomic mass is 9.89. The van der Waals surface area contributed by atoms with Crippen LogP contribution in [0.5, 0.6) is 0 Å². The molecule has 1 unspecified atom stereocenters. The van der Waals surface area contributed by atoms with Crippen molar-refractivity contribution in [1.82, 2.24) is 20.6 Å². The summed E-state index contributed by atoms with van der Waals surface area (Å²) in [4.78, 5) is 19.7. The molecule has 2 atom stereocenters. The van der Waals surface area contributed by atoms with Crippen LogP contribution < -0.4 is 10.8 Å². The van der Waals surface area contributed by atoms with Crippen LogP contribution in [0.25, 0.3) is 6.08 Å². The number of hydroxylamine groups is 1. The maximum Gasteiger partial charge on any atom is 0.267 e. The van der Waals surface area contributed by atoms with Crippen LogP contribution in [0, 0.1) is 5.92 Å². The molecule has 2 saturated heterocycles. The molecule has 31 heavy (non-hydrogen) atoms. The van der Waals surface area contributed by atoms with Gasteiger partial charge in [0.25, 0.3) is 5.91 Å². The summed E-state index contributed by atoms with van der Waals surface area (Å²) in [6.07, 6.45) is 13.7. The van der Waals surface area contributed by atoms with Crippen molar-refractivity contribution in [3.8, 4) is 0 Å². The average molecular weight is 430 g/mol. The number of hydrogen-bond donors (Lipinski definition) is 2. The highest BCUT2D eigenvalue weighted by molar-refractivity contribution is 5.90. The quantitative estimate of drug-likeness (QED) is 0.485. The van der Waals surface area contributed by atoms with Gasteiger partial charge in [-0.05, 0) is 56.2 Å². The van der Waals surface area contributed by atoms with E-state index in [1.165, 1.54) is 44.7 Å². The molecule has 4 rings (SSSR count). The van der Waals surface area contributed by atoms with Gasteiger partial charge in [-0.15, -0.1) is 10.2 Å². The smallest absolute Gasteiger partial charge is 0.267 e. The Balaban J connectivity index is 1.17. The lowest BCUT2D eigenvalue weighted by Crippen LogP contribution is -2.32. The van der Waals surface area contributed by atoms with Crippen LogP contribution in [0.4, 0.5) is 5.82 Å². The van der Waals surface area contributed by atoms with E-state index in [1.54, 1.807) is 6.08 Å². The number of likely N-dealkylation sites (tertiary alicyclic amines) is 1. The van der Waals surface area contributed by atoms with Crippen molar-refractivity contribution in [2.75, 3.05) is 31.6 Å². The lowest BCUT2D eigenvalue weighted by molar-refractivity contribution is -0.198. The fourth-order valence-corrected chi connectivity index (χ4v) is 4.69. The standard InChI is InChI=1S/C23H35N5O3/c29-22(27-31-23-8-4-5-15-30-23)12-10-19-9-11-21(26-25-19)24-20-13-14-28(17-20)16-18-6-2-1-3-7-18/h9-12,18,20,23H,1-8,13-17H2,(H,24,26)(H,27,29)/b12-10+/t20-,23?/m1/s1. The van der Waals surface area contributed by atoms with Crippen molar-refractivity contribution in [2.45, 2.75) is 70.1 Å². The molecule has 0 spiro atoms. The predicted molar refractivity (Wildman–Crippen MR) is 119 cm³/mol. The van der Waals surface area contributed by atoms with E-state index in [0.717, 1.165) is 50.5 Å². The Morgan fingerprint density at radius 1 is 1.13 bits per heavy atom. The maximum atomic E-state index is 11.9. The predicted octanol–water partition coefficient (Wildman–Crippen LogP) is 3.13. The van der Waals surface area contributed by atoms with Crippen LogP contribution in [0.15, 0.2) is 18.2 Å². The zero-order valence-electron chi connectivity index (χ0n) is 18.3. The molecule has 0 aromatic carbocycles. The summed E-state index contributed by atoms with van der Waals surface area (Å²) in [5, 5.41) is 12.0. The second-order valence-electron chi connectivity index (χ2n) is 8.95. The minimum Gasteiger partial charge on any atom is -0.365 e. The number of nitrogens with one attached hydrogen (secondary N) is 2. The molecule has 170 valence electrons. The highest BCUT2D eigenvalue weighted by Gasteiger charge is 2.25. The van der Waals surface area contributed by atoms with Crippen LogP contribution in [-0.2, 0) is 14.4 Å². The molecule has 1 aromatic heterocycles. The molecule has 1 aliphatic carbocycles. The van der Waals surface area contributed by atoms with Gasteiger partial charge < -0.3 is 15.0 Å². The van der Waals surface area contributed by atoms with E-state index in [9.17, 15) is 4.79 Å². The normalized spacial score (nSPS) is 25.7. The van der Waals surface area contributed by atoms with E-state index >= 15 is 0 Å². The first-order valence-electron chi connectivity index (χ1n) is 11.8. The second kappa shape index (κ2) is 11.5. The van der Waals surface area contributed by atoms with Crippen LogP contribution in [-0.4, -0.2) is 59.6 Å². The zero-order valence-corrected chi connectivity index (χ0v) is 18.3. The molecule has 1 aromatic rings. The van der Waals surface area contributed by atoms with Gasteiger partial charge in [0.1, 0.15) is 5.82 Å². The van der Waals surface area contributed by atoms with Crippen molar-refractivity contribution < 1.29 is 14.4 Å². The van der Waals surface area contributed by atoms with E-state index in [-0.39, 0.29) is 12.2 Å². The van der Waals surface area contributed by atoms with Gasteiger partial charge in [0.15, 0.2) is 6.29 Å². The minimum atomic E-state index is -0.356. The topological polar surface area (TPSA) is 88.6 Å². The van der Waals surface area contributed by atoms with Crippen molar-refractivity contribution in [3.05, 3.63) is 23.9 Å². The minimum absolute atomic E-state index is 0.345. The van der Waals surface area contributed by atoms with Crippen LogP contribution in [0.3, 0.4) is 0 Å². The Morgan fingerprint density at radius 2 is 2.00 bits per heavy atom. The van der Waals surface area contributed by atoms with Gasteiger partial charge in [-0.1, -0.05) is 19.3 Å². The first-order chi connectivity index (χ1) is 15.2. The largest absolute Gasteiger partial charge is 0.365 e. The van der Waals surface area contributed by atoms with Crippen LogP contribution in [0.1, 0.15) is 63.5 Å². The average Bonchev–Trinajstić information content (AvgIpc) is 3.25. The number of nitrogens with zero attached hydrogens (tertiary/aromatic N) is 3. The molecule has 3 fully saturated rings. The van der Waals surface area contributed by atoms with E-state index in [0.29, 0.717) is 18.3 Å². The summed E-state index contributed by atoms with van der Waals surface area (Å²) in [6.45, 7) is 4.15. The van der Waals surface area contributed by atoms with E-state index < -0.39 is 0 Å². The molecule has 3 aliphatic rings. The Morgan fingerprint density at radius 3 is 2.77 bits per heavy atom. The summed E-state index contributed by atoms with van der Waals surface area (Å²) in [5.41, 5.74) is 3.02. The van der Waals surface area contributed by atoms with Gasteiger partial charge in [0.05, 0.1) is 5.69 Å². The third-order valence-corrected chi connectivity index (χ3v) is 6.39. The molecule has 2 N–H and O–H groups in total. The number of ether oxygens (including phenoxy) is 1. The fourth-order valence-electron chi connectivity index (χ4n) is 4.69. The number of aromatic nitrogens is 2. The molecule has 3 heterocycles. The molecular weight excluding hydrogens is 394 g/mol. The Labute approximate surface area is 184 Å². The third-order valence-electron chi connectivity index (χ3n) is 6.39. The molecule has 8 nitrogen and oxygen atoms in total. The first kappa shape index (κ1) is 22.2. The van der Waals surface area contributed by atoms with E-state index in [4.69, 9.17) is 9.57 Å². The summed E-state index contributed by atoms with van der Waals surface area (Å²) in [7, 11) is 0. The number of carbonyl (C=O) groups excluding carboxylic acids is 1. The number of hydrogen-bond acceptors (Lipinski definition) is 7. The molecule has 0 bridgehead atoms.